The van der Waals surface area contributed by atoms with Crippen molar-refractivity contribution in [2.75, 3.05) is 13.1 Å². The molecule has 0 saturated heterocycles. The summed E-state index contributed by atoms with van der Waals surface area (Å²) < 4.78 is 3.01. The van der Waals surface area contributed by atoms with Crippen molar-refractivity contribution >= 4 is 28.5 Å². The van der Waals surface area contributed by atoms with Gasteiger partial charge in [-0.25, -0.2) is 0 Å². The summed E-state index contributed by atoms with van der Waals surface area (Å²) in [6.45, 7) is 1.04. The van der Waals surface area contributed by atoms with Crippen molar-refractivity contribution in [2.45, 2.75) is 12.5 Å². The first-order valence-electron chi connectivity index (χ1n) is 4.89. The summed E-state index contributed by atoms with van der Waals surface area (Å²) in [6.07, 6.45) is 2.69. The minimum Gasteiger partial charge on any atom is -0.349 e. The molecule has 1 aromatic rings. The van der Waals surface area contributed by atoms with Gasteiger partial charge in [-0.3, -0.25) is 4.79 Å². The van der Waals surface area contributed by atoms with Crippen LogP contribution in [0.25, 0.3) is 10.4 Å². The molecule has 1 N–H and O–H groups in total. The van der Waals surface area contributed by atoms with Crippen LogP contribution in [0.15, 0.2) is 17.4 Å². The molecule has 2 heterocycles. The van der Waals surface area contributed by atoms with Crippen molar-refractivity contribution in [1.29, 1.82) is 0 Å². The molecule has 0 fully saturated rings. The maximum absolute atomic E-state index is 11.6. The summed E-state index contributed by atoms with van der Waals surface area (Å²) in [5, 5.41) is 6.35. The average molecular weight is 331 g/mol. The average Bonchev–Trinajstić information content (AvgIpc) is 2.65. The van der Waals surface area contributed by atoms with Gasteiger partial charge in [-0.1, -0.05) is 5.11 Å². The molecule has 7 heteroatoms. The molecule has 0 aromatic carbocycles. The van der Waals surface area contributed by atoms with E-state index >= 15 is 0 Å². The van der Waals surface area contributed by atoms with Crippen LogP contribution in [0.2, 0.25) is 0 Å². The molecule has 1 unspecified atom stereocenters. The normalized spacial score (nSPS) is 18.6. The van der Waals surface area contributed by atoms with Crippen LogP contribution in [0.1, 0.15) is 23.0 Å². The molecule has 1 atom stereocenters. The number of halogens is 1. The van der Waals surface area contributed by atoms with E-state index in [2.05, 4.69) is 37.9 Å². The monoisotopic (exact) mass is 331 g/mol. The Morgan fingerprint density at radius 1 is 1.75 bits per heavy atom. The molecule has 0 spiro atoms. The largest absolute Gasteiger partial charge is 0.349 e. The van der Waals surface area contributed by atoms with E-state index in [0.717, 1.165) is 9.99 Å². The number of azide groups is 1. The van der Waals surface area contributed by atoms with Gasteiger partial charge in [0.15, 0.2) is 0 Å². The molecule has 0 radical (unpaired) electrons. The second-order valence-electron chi connectivity index (χ2n) is 3.56. The summed E-state index contributed by atoms with van der Waals surface area (Å²) >= 11 is 2.18. The number of carbonyl (C=O) groups is 1. The summed E-state index contributed by atoms with van der Waals surface area (Å²) in [6, 6.07) is 2.04. The second kappa shape index (κ2) is 4.75. The van der Waals surface area contributed by atoms with Gasteiger partial charge >= 0.3 is 0 Å². The lowest BCUT2D eigenvalue weighted by atomic mass is 10.1. The van der Waals surface area contributed by atoms with Gasteiger partial charge in [-0.05, 0) is 40.6 Å². The van der Waals surface area contributed by atoms with Crippen molar-refractivity contribution in [2.24, 2.45) is 5.11 Å². The van der Waals surface area contributed by atoms with E-state index in [1.807, 2.05) is 16.8 Å². The quantitative estimate of drug-likeness (QED) is 0.391. The van der Waals surface area contributed by atoms with Crippen LogP contribution in [0.5, 0.6) is 0 Å². The smallest absolute Gasteiger partial charge is 0.268 e. The first-order chi connectivity index (χ1) is 7.72. The lowest BCUT2D eigenvalue weighted by molar-refractivity contribution is 0.0913. The van der Waals surface area contributed by atoms with Crippen molar-refractivity contribution in [3.05, 3.63) is 32.0 Å². The summed E-state index contributed by atoms with van der Waals surface area (Å²) in [4.78, 5) is 14.3. The SMILES string of the molecule is [N-]=[N+]=NCCC1CNC(=O)c2cc(I)cn21. The third kappa shape index (κ3) is 2.14. The molecule has 6 nitrogen and oxygen atoms in total. The van der Waals surface area contributed by atoms with Crippen molar-refractivity contribution in [3.63, 3.8) is 0 Å². The highest BCUT2D eigenvalue weighted by atomic mass is 127. The van der Waals surface area contributed by atoms with Crippen LogP contribution in [-0.2, 0) is 0 Å². The zero-order valence-corrected chi connectivity index (χ0v) is 10.6. The third-order valence-electron chi connectivity index (χ3n) is 2.57. The number of aromatic nitrogens is 1. The zero-order chi connectivity index (χ0) is 11.5. The molecule has 2 rings (SSSR count). The summed E-state index contributed by atoms with van der Waals surface area (Å²) in [5.41, 5.74) is 8.90. The molecule has 1 aromatic heterocycles. The topological polar surface area (TPSA) is 82.8 Å². The van der Waals surface area contributed by atoms with E-state index in [0.29, 0.717) is 18.8 Å². The molecule has 16 heavy (non-hydrogen) atoms. The molecule has 0 aliphatic carbocycles. The fraction of sp³-hybridized carbons (Fsp3) is 0.444. The van der Waals surface area contributed by atoms with Crippen LogP contribution in [0, 0.1) is 3.57 Å². The van der Waals surface area contributed by atoms with Crippen molar-refractivity contribution in [1.82, 2.24) is 9.88 Å². The first kappa shape index (κ1) is 11.3. The Morgan fingerprint density at radius 2 is 2.56 bits per heavy atom. The molecule has 0 bridgehead atoms. The lowest BCUT2D eigenvalue weighted by Crippen LogP contribution is -2.38. The highest BCUT2D eigenvalue weighted by molar-refractivity contribution is 14.1. The van der Waals surface area contributed by atoms with Crippen LogP contribution in [-0.4, -0.2) is 23.6 Å². The molecular formula is C9H10IN5O. The third-order valence-corrected chi connectivity index (χ3v) is 3.15. The predicted molar refractivity (Wildman–Crippen MR) is 67.1 cm³/mol. The number of nitrogens with zero attached hydrogens (tertiary/aromatic N) is 4. The molecule has 0 saturated carbocycles. The van der Waals surface area contributed by atoms with Crippen LogP contribution >= 0.6 is 22.6 Å². The Morgan fingerprint density at radius 3 is 3.31 bits per heavy atom. The van der Waals surface area contributed by atoms with Gasteiger partial charge in [0.1, 0.15) is 5.69 Å². The molecule has 1 aliphatic heterocycles. The van der Waals surface area contributed by atoms with Gasteiger partial charge in [0.2, 0.25) is 0 Å². The van der Waals surface area contributed by atoms with Crippen LogP contribution in [0.4, 0.5) is 0 Å². The van der Waals surface area contributed by atoms with E-state index in [1.165, 1.54) is 0 Å². The predicted octanol–water partition coefficient (Wildman–Crippen LogP) is 2.08. The Kier molecular flexibility index (Phi) is 3.35. The number of amides is 1. The zero-order valence-electron chi connectivity index (χ0n) is 8.43. The maximum Gasteiger partial charge on any atom is 0.268 e. The van der Waals surface area contributed by atoms with Gasteiger partial charge in [-0.2, -0.15) is 0 Å². The molecule has 84 valence electrons. The minimum atomic E-state index is -0.0389. The number of hydrogen-bond donors (Lipinski definition) is 1. The van der Waals surface area contributed by atoms with Crippen molar-refractivity contribution in [3.8, 4) is 0 Å². The summed E-state index contributed by atoms with van der Waals surface area (Å²) in [7, 11) is 0. The van der Waals surface area contributed by atoms with Crippen LogP contribution < -0.4 is 5.32 Å². The van der Waals surface area contributed by atoms with Gasteiger partial charge in [0.25, 0.3) is 5.91 Å². The Balaban J connectivity index is 2.20. The highest BCUT2D eigenvalue weighted by Crippen LogP contribution is 2.22. The fourth-order valence-corrected chi connectivity index (χ4v) is 2.42. The van der Waals surface area contributed by atoms with E-state index in [9.17, 15) is 4.79 Å². The number of fused-ring (bicyclic) bond motifs is 1. The van der Waals surface area contributed by atoms with Gasteiger partial charge in [0.05, 0.1) is 6.04 Å². The number of carbonyl (C=O) groups excluding carboxylic acids is 1. The Labute approximate surface area is 106 Å². The van der Waals surface area contributed by atoms with Crippen LogP contribution in [0.3, 0.4) is 0 Å². The molecule has 1 aliphatic rings. The number of hydrogen-bond acceptors (Lipinski definition) is 2. The Hall–Kier alpha value is -1.21. The van der Waals surface area contributed by atoms with E-state index < -0.39 is 0 Å². The summed E-state index contributed by atoms with van der Waals surface area (Å²) in [5.74, 6) is -0.0389. The van der Waals surface area contributed by atoms with E-state index in [4.69, 9.17) is 5.53 Å². The number of nitrogens with one attached hydrogen (secondary N) is 1. The van der Waals surface area contributed by atoms with Gasteiger partial charge < -0.3 is 9.88 Å². The van der Waals surface area contributed by atoms with E-state index in [1.54, 1.807) is 0 Å². The molecule has 1 amide bonds. The first-order valence-corrected chi connectivity index (χ1v) is 5.96. The Bertz CT molecular complexity index is 462. The molecular weight excluding hydrogens is 321 g/mol. The fourth-order valence-electron chi connectivity index (χ4n) is 1.82. The standard InChI is InChI=1S/C9H10IN5O/c10-6-3-8-9(16)12-4-7(15(8)5-6)1-2-13-14-11/h3,5,7H,1-2,4H2,(H,12,16). The van der Waals surface area contributed by atoms with E-state index in [-0.39, 0.29) is 11.9 Å². The highest BCUT2D eigenvalue weighted by Gasteiger charge is 2.24. The second-order valence-corrected chi connectivity index (χ2v) is 4.80. The number of rotatable bonds is 3. The van der Waals surface area contributed by atoms with Crippen molar-refractivity contribution < 1.29 is 4.79 Å². The van der Waals surface area contributed by atoms with Gasteiger partial charge in [-0.15, -0.1) is 0 Å². The minimum absolute atomic E-state index is 0.0389. The lowest BCUT2D eigenvalue weighted by Gasteiger charge is -2.25. The maximum atomic E-state index is 11.6. The van der Waals surface area contributed by atoms with Gasteiger partial charge in [0, 0.05) is 27.8 Å².